The van der Waals surface area contributed by atoms with Crippen molar-refractivity contribution in [3.05, 3.63) is 12.2 Å². The van der Waals surface area contributed by atoms with Crippen LogP contribution in [0.15, 0.2) is 12.2 Å². The predicted octanol–water partition coefficient (Wildman–Crippen LogP) is 10.1. The summed E-state index contributed by atoms with van der Waals surface area (Å²) in [6.45, 7) is 4.75. The smallest absolute Gasteiger partial charge is 0.306 e. The van der Waals surface area contributed by atoms with Crippen LogP contribution in [0.4, 0.5) is 0 Å². The molecule has 0 fully saturated rings. The van der Waals surface area contributed by atoms with E-state index in [4.69, 9.17) is 15.2 Å². The van der Waals surface area contributed by atoms with Gasteiger partial charge in [0.25, 0.3) is 0 Å². The molecule has 1 atom stereocenters. The van der Waals surface area contributed by atoms with Crippen LogP contribution in [0.5, 0.6) is 0 Å². The molecule has 0 aromatic heterocycles. The minimum atomic E-state index is -0.543. The lowest BCUT2D eigenvalue weighted by atomic mass is 10.1. The van der Waals surface area contributed by atoms with E-state index in [0.717, 1.165) is 38.5 Å². The van der Waals surface area contributed by atoms with Crippen LogP contribution < -0.4 is 5.73 Å². The minimum absolute atomic E-state index is 0.0599. The van der Waals surface area contributed by atoms with Gasteiger partial charge in [-0.25, -0.2) is 0 Å². The van der Waals surface area contributed by atoms with Crippen LogP contribution in [0.25, 0.3) is 0 Å². The van der Waals surface area contributed by atoms with Gasteiger partial charge >= 0.3 is 11.9 Å². The largest absolute Gasteiger partial charge is 0.462 e. The Hall–Kier alpha value is -1.36. The number of nitrogens with two attached hydrogens (primary N) is 1. The van der Waals surface area contributed by atoms with E-state index < -0.39 is 6.10 Å². The Labute approximate surface area is 248 Å². The topological polar surface area (TPSA) is 78.6 Å². The van der Waals surface area contributed by atoms with E-state index in [0.29, 0.717) is 12.8 Å². The summed E-state index contributed by atoms with van der Waals surface area (Å²) in [7, 11) is 0. The highest BCUT2D eigenvalue weighted by molar-refractivity contribution is 5.70. The zero-order valence-corrected chi connectivity index (χ0v) is 26.7. The third-order valence-corrected chi connectivity index (χ3v) is 7.62. The number of carbonyl (C=O) groups excluding carboxylic acids is 2. The van der Waals surface area contributed by atoms with Gasteiger partial charge in [-0.1, -0.05) is 142 Å². The average Bonchev–Trinajstić information content (AvgIpc) is 2.96. The van der Waals surface area contributed by atoms with Crippen molar-refractivity contribution >= 4 is 11.9 Å². The first kappa shape index (κ1) is 38.6. The molecule has 0 aliphatic heterocycles. The quantitative estimate of drug-likeness (QED) is 0.0514. The first-order valence-corrected chi connectivity index (χ1v) is 17.3. The van der Waals surface area contributed by atoms with E-state index in [2.05, 4.69) is 26.0 Å². The fourth-order valence-corrected chi connectivity index (χ4v) is 4.93. The molecule has 1 unspecified atom stereocenters. The molecule has 0 saturated carbocycles. The second-order valence-electron chi connectivity index (χ2n) is 11.7. The van der Waals surface area contributed by atoms with Crippen LogP contribution >= 0.6 is 0 Å². The first-order chi connectivity index (χ1) is 19.6. The van der Waals surface area contributed by atoms with Gasteiger partial charge < -0.3 is 15.2 Å². The molecular weight excluding hydrogens is 498 g/mol. The number of ether oxygens (including phenoxy) is 2. The summed E-state index contributed by atoms with van der Waals surface area (Å²) < 4.78 is 10.7. The van der Waals surface area contributed by atoms with Crippen LogP contribution in [0.3, 0.4) is 0 Å². The average molecular weight is 566 g/mol. The Bertz CT molecular complexity index is 578. The van der Waals surface area contributed by atoms with Gasteiger partial charge in [0.2, 0.25) is 0 Å². The normalized spacial score (nSPS) is 12.2. The Balaban J connectivity index is 3.57. The van der Waals surface area contributed by atoms with Crippen LogP contribution in [0.2, 0.25) is 0 Å². The maximum Gasteiger partial charge on any atom is 0.306 e. The molecule has 0 saturated heterocycles. The summed E-state index contributed by atoms with van der Waals surface area (Å²) in [6.07, 6.45) is 34.7. The van der Waals surface area contributed by atoms with E-state index in [-0.39, 0.29) is 25.1 Å². The minimum Gasteiger partial charge on any atom is -0.462 e. The van der Waals surface area contributed by atoms with E-state index in [1.54, 1.807) is 0 Å². The third-order valence-electron chi connectivity index (χ3n) is 7.62. The van der Waals surface area contributed by atoms with Crippen molar-refractivity contribution in [3.8, 4) is 0 Å². The lowest BCUT2D eigenvalue weighted by molar-refractivity contribution is -0.158. The van der Waals surface area contributed by atoms with Crippen molar-refractivity contribution in [3.63, 3.8) is 0 Å². The highest BCUT2D eigenvalue weighted by atomic mass is 16.6. The standard InChI is InChI=1S/C35H67NO4/c1-3-5-7-9-11-13-15-16-17-18-20-21-23-25-27-29-34(37)39-32-33(31-36)40-35(38)30-28-26-24-22-19-14-12-10-8-6-4-2/h16-17,33H,3-15,18-32,36H2,1-2H3. The highest BCUT2D eigenvalue weighted by Gasteiger charge is 2.15. The van der Waals surface area contributed by atoms with Crippen LogP contribution in [0, 0.1) is 0 Å². The second-order valence-corrected chi connectivity index (χ2v) is 11.7. The van der Waals surface area contributed by atoms with E-state index in [9.17, 15) is 9.59 Å². The van der Waals surface area contributed by atoms with Gasteiger partial charge in [-0.2, -0.15) is 0 Å². The molecule has 0 aromatic rings. The summed E-state index contributed by atoms with van der Waals surface area (Å²) in [5, 5.41) is 0. The molecule has 0 amide bonds. The Morgan fingerprint density at radius 2 is 0.925 bits per heavy atom. The number of rotatable bonds is 31. The van der Waals surface area contributed by atoms with Crippen LogP contribution in [-0.4, -0.2) is 31.2 Å². The molecule has 5 nitrogen and oxygen atoms in total. The van der Waals surface area contributed by atoms with Crippen molar-refractivity contribution in [1.29, 1.82) is 0 Å². The fraction of sp³-hybridized carbons (Fsp3) is 0.886. The van der Waals surface area contributed by atoms with Crippen molar-refractivity contribution in [2.75, 3.05) is 13.2 Å². The van der Waals surface area contributed by atoms with Gasteiger partial charge in [0.05, 0.1) is 0 Å². The summed E-state index contributed by atoms with van der Waals surface area (Å²) in [4.78, 5) is 24.2. The van der Waals surface area contributed by atoms with Gasteiger partial charge in [0.15, 0.2) is 0 Å². The lowest BCUT2D eigenvalue weighted by Crippen LogP contribution is -2.32. The lowest BCUT2D eigenvalue weighted by Gasteiger charge is -2.16. The van der Waals surface area contributed by atoms with Crippen molar-refractivity contribution in [2.24, 2.45) is 5.73 Å². The van der Waals surface area contributed by atoms with Crippen molar-refractivity contribution in [1.82, 2.24) is 0 Å². The molecule has 5 heteroatoms. The maximum absolute atomic E-state index is 12.1. The Morgan fingerprint density at radius 1 is 0.550 bits per heavy atom. The van der Waals surface area contributed by atoms with Crippen LogP contribution in [0.1, 0.15) is 181 Å². The predicted molar refractivity (Wildman–Crippen MR) is 170 cm³/mol. The van der Waals surface area contributed by atoms with E-state index >= 15 is 0 Å². The van der Waals surface area contributed by atoms with Crippen LogP contribution in [-0.2, 0) is 19.1 Å². The molecule has 40 heavy (non-hydrogen) atoms. The maximum atomic E-state index is 12.1. The molecule has 0 radical (unpaired) electrons. The monoisotopic (exact) mass is 566 g/mol. The zero-order chi connectivity index (χ0) is 29.4. The zero-order valence-electron chi connectivity index (χ0n) is 26.7. The number of esters is 2. The molecule has 0 aromatic carbocycles. The number of allylic oxidation sites excluding steroid dienone is 2. The number of carbonyl (C=O) groups is 2. The van der Waals surface area contributed by atoms with Gasteiger partial charge in [-0.05, 0) is 38.5 Å². The SMILES string of the molecule is CCCCCCCCC=CCCCCCCCC(=O)OCC(CN)OC(=O)CCCCCCCCCCCCC. The number of hydrogen-bond acceptors (Lipinski definition) is 5. The molecule has 0 aliphatic carbocycles. The fourth-order valence-electron chi connectivity index (χ4n) is 4.93. The molecule has 0 bridgehead atoms. The first-order valence-electron chi connectivity index (χ1n) is 17.3. The molecule has 236 valence electrons. The molecule has 0 rings (SSSR count). The van der Waals surface area contributed by atoms with Gasteiger partial charge in [-0.3, -0.25) is 9.59 Å². The molecule has 0 heterocycles. The molecule has 2 N–H and O–H groups in total. The van der Waals surface area contributed by atoms with Crippen molar-refractivity contribution in [2.45, 2.75) is 187 Å². The second kappa shape index (κ2) is 32.2. The molecule has 0 aliphatic rings. The van der Waals surface area contributed by atoms with Gasteiger partial charge in [0, 0.05) is 19.4 Å². The molecule has 0 spiro atoms. The van der Waals surface area contributed by atoms with Crippen molar-refractivity contribution < 1.29 is 19.1 Å². The summed E-state index contributed by atoms with van der Waals surface area (Å²) in [6, 6.07) is 0. The van der Waals surface area contributed by atoms with Gasteiger partial charge in [-0.15, -0.1) is 0 Å². The van der Waals surface area contributed by atoms with Gasteiger partial charge in [0.1, 0.15) is 12.7 Å². The Morgan fingerprint density at radius 3 is 1.35 bits per heavy atom. The molecular formula is C35H67NO4. The van der Waals surface area contributed by atoms with E-state index in [1.165, 1.54) is 116 Å². The summed E-state index contributed by atoms with van der Waals surface area (Å²) >= 11 is 0. The summed E-state index contributed by atoms with van der Waals surface area (Å²) in [5.41, 5.74) is 5.73. The van der Waals surface area contributed by atoms with E-state index in [1.807, 2.05) is 0 Å². The Kier molecular flexibility index (Phi) is 31.1. The number of hydrogen-bond donors (Lipinski definition) is 1. The highest BCUT2D eigenvalue weighted by Crippen LogP contribution is 2.13. The number of unbranched alkanes of at least 4 members (excludes halogenated alkanes) is 21. The summed E-state index contributed by atoms with van der Waals surface area (Å²) in [5.74, 6) is -0.461. The third kappa shape index (κ3) is 29.6.